The van der Waals surface area contributed by atoms with Crippen molar-refractivity contribution >= 4 is 0 Å². The van der Waals surface area contributed by atoms with E-state index in [1.54, 1.807) is 13.2 Å². The average molecular weight is 226 g/mol. The summed E-state index contributed by atoms with van der Waals surface area (Å²) in [6, 6.07) is 1.65. The molecule has 0 radical (unpaired) electrons. The molecule has 1 N–H and O–H groups in total. The van der Waals surface area contributed by atoms with Crippen LogP contribution in [0.2, 0.25) is 0 Å². The summed E-state index contributed by atoms with van der Waals surface area (Å²) in [5.41, 5.74) is 0.579. The van der Waals surface area contributed by atoms with Crippen molar-refractivity contribution in [3.63, 3.8) is 0 Å². The Morgan fingerprint density at radius 2 is 2.12 bits per heavy atom. The van der Waals surface area contributed by atoms with Gasteiger partial charge >= 0.3 is 0 Å². The van der Waals surface area contributed by atoms with Crippen molar-refractivity contribution in [3.05, 3.63) is 18.1 Å². The highest BCUT2D eigenvalue weighted by atomic mass is 16.5. The Morgan fingerprint density at radius 3 is 2.75 bits per heavy atom. The van der Waals surface area contributed by atoms with E-state index in [2.05, 4.69) is 9.97 Å². The molecule has 0 aromatic carbocycles. The number of ether oxygens (including phenoxy) is 2. The Labute approximate surface area is 95.4 Å². The minimum atomic E-state index is -0.618. The first kappa shape index (κ1) is 12.9. The van der Waals surface area contributed by atoms with E-state index in [1.807, 2.05) is 6.92 Å². The standard InChI is InChI=1S/C11H18N2O3/c1-8(4-5-15-2)11(14)9-6-10(16-3)13-7-12-9/h6-8,11,14H,4-5H2,1-3H3. The maximum Gasteiger partial charge on any atom is 0.216 e. The molecule has 0 aliphatic carbocycles. The zero-order chi connectivity index (χ0) is 12.0. The van der Waals surface area contributed by atoms with Crippen LogP contribution in [0.3, 0.4) is 0 Å². The van der Waals surface area contributed by atoms with E-state index in [0.717, 1.165) is 6.42 Å². The molecule has 1 aromatic rings. The van der Waals surface area contributed by atoms with Crippen molar-refractivity contribution in [3.8, 4) is 5.88 Å². The molecular weight excluding hydrogens is 208 g/mol. The largest absolute Gasteiger partial charge is 0.481 e. The minimum Gasteiger partial charge on any atom is -0.481 e. The van der Waals surface area contributed by atoms with Gasteiger partial charge in [0, 0.05) is 19.8 Å². The number of rotatable bonds is 6. The van der Waals surface area contributed by atoms with Crippen molar-refractivity contribution in [1.29, 1.82) is 0 Å². The molecule has 0 spiro atoms. The summed E-state index contributed by atoms with van der Waals surface area (Å²) in [4.78, 5) is 7.93. The first-order valence-corrected chi connectivity index (χ1v) is 5.22. The highest BCUT2D eigenvalue weighted by Crippen LogP contribution is 2.24. The van der Waals surface area contributed by atoms with Crippen molar-refractivity contribution < 1.29 is 14.6 Å². The number of aliphatic hydroxyl groups excluding tert-OH is 1. The van der Waals surface area contributed by atoms with Crippen LogP contribution in [0.25, 0.3) is 0 Å². The van der Waals surface area contributed by atoms with Crippen LogP contribution in [0.4, 0.5) is 0 Å². The second kappa shape index (κ2) is 6.40. The zero-order valence-electron chi connectivity index (χ0n) is 9.88. The van der Waals surface area contributed by atoms with Crippen LogP contribution >= 0.6 is 0 Å². The topological polar surface area (TPSA) is 64.5 Å². The summed E-state index contributed by atoms with van der Waals surface area (Å²) in [7, 11) is 3.18. The average Bonchev–Trinajstić information content (AvgIpc) is 2.35. The summed E-state index contributed by atoms with van der Waals surface area (Å²) in [6.45, 7) is 2.58. The van der Waals surface area contributed by atoms with Gasteiger partial charge in [-0.3, -0.25) is 0 Å². The maximum atomic E-state index is 10.0. The molecule has 2 unspecified atom stereocenters. The molecule has 0 saturated carbocycles. The van der Waals surface area contributed by atoms with Gasteiger partial charge in [-0.05, 0) is 12.3 Å². The highest BCUT2D eigenvalue weighted by molar-refractivity contribution is 5.15. The highest BCUT2D eigenvalue weighted by Gasteiger charge is 2.18. The fourth-order valence-electron chi connectivity index (χ4n) is 1.38. The smallest absolute Gasteiger partial charge is 0.216 e. The fourth-order valence-corrected chi connectivity index (χ4v) is 1.38. The van der Waals surface area contributed by atoms with Gasteiger partial charge in [0.05, 0.1) is 18.9 Å². The minimum absolute atomic E-state index is 0.0829. The van der Waals surface area contributed by atoms with Crippen LogP contribution < -0.4 is 4.74 Å². The van der Waals surface area contributed by atoms with Crippen molar-refractivity contribution in [1.82, 2.24) is 9.97 Å². The third kappa shape index (κ3) is 3.43. The van der Waals surface area contributed by atoms with Crippen LogP contribution in [0.5, 0.6) is 5.88 Å². The van der Waals surface area contributed by atoms with Gasteiger partial charge in [0.15, 0.2) is 0 Å². The Morgan fingerprint density at radius 1 is 1.38 bits per heavy atom. The number of aromatic nitrogens is 2. The molecule has 1 aromatic heterocycles. The van der Waals surface area contributed by atoms with E-state index in [9.17, 15) is 5.11 Å². The van der Waals surface area contributed by atoms with E-state index in [1.165, 1.54) is 13.4 Å². The SMILES string of the molecule is COCCC(C)C(O)c1cc(OC)ncn1. The normalized spacial score (nSPS) is 14.5. The molecule has 5 nitrogen and oxygen atoms in total. The fraction of sp³-hybridized carbons (Fsp3) is 0.636. The van der Waals surface area contributed by atoms with Crippen LogP contribution in [0.15, 0.2) is 12.4 Å². The Kier molecular flexibility index (Phi) is 5.14. The Hall–Kier alpha value is -1.20. The summed E-state index contributed by atoms with van der Waals surface area (Å²) in [5, 5.41) is 10.0. The number of nitrogens with zero attached hydrogens (tertiary/aromatic N) is 2. The van der Waals surface area contributed by atoms with Crippen molar-refractivity contribution in [2.45, 2.75) is 19.4 Å². The first-order valence-electron chi connectivity index (χ1n) is 5.22. The molecule has 1 heterocycles. The first-order chi connectivity index (χ1) is 7.69. The predicted octanol–water partition coefficient (Wildman–Crippen LogP) is 1.19. The van der Waals surface area contributed by atoms with E-state index in [4.69, 9.17) is 9.47 Å². The van der Waals surface area contributed by atoms with Gasteiger partial charge in [-0.15, -0.1) is 0 Å². The molecule has 2 atom stereocenters. The quantitative estimate of drug-likeness (QED) is 0.789. The second-order valence-corrected chi connectivity index (χ2v) is 3.69. The molecule has 0 aliphatic rings. The van der Waals surface area contributed by atoms with E-state index in [-0.39, 0.29) is 5.92 Å². The summed E-state index contributed by atoms with van der Waals surface area (Å²) in [5.74, 6) is 0.544. The van der Waals surface area contributed by atoms with Crippen LogP contribution in [-0.2, 0) is 4.74 Å². The summed E-state index contributed by atoms with van der Waals surface area (Å²) < 4.78 is 9.95. The molecule has 0 bridgehead atoms. The third-order valence-corrected chi connectivity index (χ3v) is 2.49. The van der Waals surface area contributed by atoms with E-state index in [0.29, 0.717) is 18.2 Å². The van der Waals surface area contributed by atoms with E-state index < -0.39 is 6.10 Å². The van der Waals surface area contributed by atoms with E-state index >= 15 is 0 Å². The molecule has 0 amide bonds. The van der Waals surface area contributed by atoms with Gasteiger partial charge in [0.2, 0.25) is 5.88 Å². The molecule has 0 aliphatic heterocycles. The maximum absolute atomic E-state index is 10.0. The van der Waals surface area contributed by atoms with Gasteiger partial charge < -0.3 is 14.6 Å². The third-order valence-electron chi connectivity index (χ3n) is 2.49. The van der Waals surface area contributed by atoms with Crippen molar-refractivity contribution in [2.24, 2.45) is 5.92 Å². The van der Waals surface area contributed by atoms with Gasteiger partial charge in [-0.25, -0.2) is 9.97 Å². The zero-order valence-corrected chi connectivity index (χ0v) is 9.88. The number of hydrogen-bond acceptors (Lipinski definition) is 5. The van der Waals surface area contributed by atoms with Gasteiger partial charge in [0.25, 0.3) is 0 Å². The Balaban J connectivity index is 2.67. The predicted molar refractivity (Wildman–Crippen MR) is 59.2 cm³/mol. The molecule has 90 valence electrons. The lowest BCUT2D eigenvalue weighted by Crippen LogP contribution is -2.13. The summed E-state index contributed by atoms with van der Waals surface area (Å²) >= 11 is 0. The molecule has 0 saturated heterocycles. The molecule has 16 heavy (non-hydrogen) atoms. The Bertz CT molecular complexity index is 320. The molecule has 0 fully saturated rings. The van der Waals surface area contributed by atoms with Gasteiger partial charge in [-0.1, -0.05) is 6.92 Å². The number of hydrogen-bond donors (Lipinski definition) is 1. The molecule has 1 rings (SSSR count). The van der Waals surface area contributed by atoms with Crippen LogP contribution in [-0.4, -0.2) is 35.9 Å². The monoisotopic (exact) mass is 226 g/mol. The van der Waals surface area contributed by atoms with Crippen LogP contribution in [0.1, 0.15) is 25.1 Å². The lowest BCUT2D eigenvalue weighted by atomic mass is 9.98. The molecule has 5 heteroatoms. The van der Waals surface area contributed by atoms with Crippen molar-refractivity contribution in [2.75, 3.05) is 20.8 Å². The number of aliphatic hydroxyl groups is 1. The lowest BCUT2D eigenvalue weighted by molar-refractivity contribution is 0.0851. The number of methoxy groups -OCH3 is 2. The lowest BCUT2D eigenvalue weighted by Gasteiger charge is -2.17. The van der Waals surface area contributed by atoms with Gasteiger partial charge in [0.1, 0.15) is 6.33 Å². The van der Waals surface area contributed by atoms with Crippen LogP contribution in [0, 0.1) is 5.92 Å². The summed E-state index contributed by atoms with van der Waals surface area (Å²) in [6.07, 6.45) is 1.55. The van der Waals surface area contributed by atoms with Gasteiger partial charge in [-0.2, -0.15) is 0 Å². The second-order valence-electron chi connectivity index (χ2n) is 3.69. The molecular formula is C11H18N2O3.